The lowest BCUT2D eigenvalue weighted by atomic mass is 10.2. The first kappa shape index (κ1) is 17.4. The van der Waals surface area contributed by atoms with Crippen molar-refractivity contribution in [2.24, 2.45) is 0 Å². The molecule has 2 heterocycles. The van der Waals surface area contributed by atoms with Crippen LogP contribution < -0.4 is 5.32 Å². The lowest BCUT2D eigenvalue weighted by molar-refractivity contribution is -0.126. The SMILES string of the molecule is Cc1cc(-c2cccs2)nn1CCNC(=O)COCc1ccccc1. The van der Waals surface area contributed by atoms with Crippen LogP contribution in [-0.2, 0) is 22.7 Å². The molecule has 3 aromatic rings. The molecule has 2 aromatic heterocycles. The highest BCUT2D eigenvalue weighted by Crippen LogP contribution is 2.23. The van der Waals surface area contributed by atoms with Gasteiger partial charge in [0.15, 0.2) is 0 Å². The number of carbonyl (C=O) groups excluding carboxylic acids is 1. The number of benzene rings is 1. The molecule has 0 aliphatic carbocycles. The lowest BCUT2D eigenvalue weighted by Crippen LogP contribution is -2.30. The van der Waals surface area contributed by atoms with Crippen molar-refractivity contribution in [2.75, 3.05) is 13.2 Å². The second-order valence-corrected chi connectivity index (χ2v) is 6.65. The summed E-state index contributed by atoms with van der Waals surface area (Å²) in [6.07, 6.45) is 0. The summed E-state index contributed by atoms with van der Waals surface area (Å²) in [5.74, 6) is -0.112. The monoisotopic (exact) mass is 355 g/mol. The van der Waals surface area contributed by atoms with Gasteiger partial charge in [0.25, 0.3) is 0 Å². The van der Waals surface area contributed by atoms with Crippen molar-refractivity contribution in [1.29, 1.82) is 0 Å². The summed E-state index contributed by atoms with van der Waals surface area (Å²) in [6.45, 7) is 3.70. The molecule has 0 radical (unpaired) electrons. The van der Waals surface area contributed by atoms with Gasteiger partial charge in [0, 0.05) is 12.2 Å². The van der Waals surface area contributed by atoms with Gasteiger partial charge in [0.05, 0.1) is 18.0 Å². The number of ether oxygens (including phenoxy) is 1. The van der Waals surface area contributed by atoms with Gasteiger partial charge < -0.3 is 10.1 Å². The number of hydrogen-bond acceptors (Lipinski definition) is 4. The molecule has 0 saturated heterocycles. The van der Waals surface area contributed by atoms with Crippen molar-refractivity contribution in [1.82, 2.24) is 15.1 Å². The van der Waals surface area contributed by atoms with Gasteiger partial charge in [-0.05, 0) is 30.0 Å². The van der Waals surface area contributed by atoms with E-state index in [0.29, 0.717) is 19.7 Å². The van der Waals surface area contributed by atoms with E-state index in [9.17, 15) is 4.79 Å². The van der Waals surface area contributed by atoms with Gasteiger partial charge in [0.2, 0.25) is 5.91 Å². The highest BCUT2D eigenvalue weighted by Gasteiger charge is 2.08. The van der Waals surface area contributed by atoms with E-state index in [2.05, 4.69) is 22.5 Å². The first-order valence-corrected chi connectivity index (χ1v) is 9.07. The number of nitrogens with one attached hydrogen (secondary N) is 1. The predicted octanol–water partition coefficient (Wildman–Crippen LogP) is 3.25. The van der Waals surface area contributed by atoms with Crippen molar-refractivity contribution in [2.45, 2.75) is 20.1 Å². The Kier molecular flexibility index (Phi) is 5.98. The van der Waals surface area contributed by atoms with Crippen LogP contribution in [0.1, 0.15) is 11.3 Å². The molecule has 3 rings (SSSR count). The summed E-state index contributed by atoms with van der Waals surface area (Å²) in [5, 5.41) is 9.50. The largest absolute Gasteiger partial charge is 0.367 e. The molecule has 0 aliphatic rings. The van der Waals surface area contributed by atoms with E-state index < -0.39 is 0 Å². The molecule has 0 aliphatic heterocycles. The van der Waals surface area contributed by atoms with Crippen LogP contribution in [0.15, 0.2) is 53.9 Å². The average Bonchev–Trinajstić information content (AvgIpc) is 3.26. The van der Waals surface area contributed by atoms with Crippen LogP contribution in [0.2, 0.25) is 0 Å². The third-order valence-electron chi connectivity index (χ3n) is 3.75. The second-order valence-electron chi connectivity index (χ2n) is 5.70. The number of amides is 1. The number of carbonyl (C=O) groups is 1. The van der Waals surface area contributed by atoms with Crippen molar-refractivity contribution >= 4 is 17.2 Å². The zero-order valence-corrected chi connectivity index (χ0v) is 15.0. The van der Waals surface area contributed by atoms with E-state index in [1.807, 2.05) is 53.4 Å². The fourth-order valence-electron chi connectivity index (χ4n) is 2.47. The van der Waals surface area contributed by atoms with E-state index in [-0.39, 0.29) is 12.5 Å². The molecule has 0 unspecified atom stereocenters. The summed E-state index contributed by atoms with van der Waals surface area (Å²) < 4.78 is 7.34. The number of hydrogen-bond donors (Lipinski definition) is 1. The van der Waals surface area contributed by atoms with Gasteiger partial charge in [0.1, 0.15) is 12.3 Å². The molecule has 0 fully saturated rings. The molecule has 0 saturated carbocycles. The average molecular weight is 355 g/mol. The number of aromatic nitrogens is 2. The fraction of sp³-hybridized carbons (Fsp3) is 0.263. The van der Waals surface area contributed by atoms with E-state index >= 15 is 0 Å². The maximum absolute atomic E-state index is 11.8. The Morgan fingerprint density at radius 3 is 2.84 bits per heavy atom. The molecule has 6 heteroatoms. The number of thiophene rings is 1. The Bertz CT molecular complexity index is 797. The van der Waals surface area contributed by atoms with Crippen LogP contribution in [0.3, 0.4) is 0 Å². The van der Waals surface area contributed by atoms with Crippen molar-refractivity contribution < 1.29 is 9.53 Å². The summed E-state index contributed by atoms with van der Waals surface area (Å²) in [6, 6.07) is 16.0. The van der Waals surface area contributed by atoms with Crippen LogP contribution in [0.25, 0.3) is 10.6 Å². The molecule has 130 valence electrons. The van der Waals surface area contributed by atoms with Gasteiger partial charge in [-0.3, -0.25) is 9.48 Å². The zero-order chi connectivity index (χ0) is 17.5. The van der Waals surface area contributed by atoms with Crippen LogP contribution in [0.4, 0.5) is 0 Å². The molecule has 25 heavy (non-hydrogen) atoms. The molecule has 0 bridgehead atoms. The third-order valence-corrected chi connectivity index (χ3v) is 4.64. The molecule has 1 N–H and O–H groups in total. The summed E-state index contributed by atoms with van der Waals surface area (Å²) >= 11 is 1.67. The van der Waals surface area contributed by atoms with Gasteiger partial charge in [-0.15, -0.1) is 11.3 Å². The highest BCUT2D eigenvalue weighted by atomic mass is 32.1. The van der Waals surface area contributed by atoms with E-state index in [1.54, 1.807) is 11.3 Å². The molecule has 1 aromatic carbocycles. The van der Waals surface area contributed by atoms with Gasteiger partial charge >= 0.3 is 0 Å². The number of rotatable bonds is 8. The highest BCUT2D eigenvalue weighted by molar-refractivity contribution is 7.13. The Morgan fingerprint density at radius 2 is 2.08 bits per heavy atom. The van der Waals surface area contributed by atoms with Gasteiger partial charge in [-0.2, -0.15) is 5.10 Å². The van der Waals surface area contributed by atoms with Crippen molar-refractivity contribution in [3.63, 3.8) is 0 Å². The maximum Gasteiger partial charge on any atom is 0.246 e. The first-order chi connectivity index (χ1) is 12.2. The summed E-state index contributed by atoms with van der Waals surface area (Å²) in [5.41, 5.74) is 3.12. The fourth-order valence-corrected chi connectivity index (χ4v) is 3.15. The molecule has 5 nitrogen and oxygen atoms in total. The van der Waals surface area contributed by atoms with Gasteiger partial charge in [-0.1, -0.05) is 36.4 Å². The molecule has 0 atom stereocenters. The smallest absolute Gasteiger partial charge is 0.246 e. The number of nitrogens with zero attached hydrogens (tertiary/aromatic N) is 2. The van der Waals surface area contributed by atoms with Gasteiger partial charge in [-0.25, -0.2) is 0 Å². The molecular weight excluding hydrogens is 334 g/mol. The van der Waals surface area contributed by atoms with Crippen molar-refractivity contribution in [3.8, 4) is 10.6 Å². The Labute approximate surface area is 151 Å². The van der Waals surface area contributed by atoms with Crippen LogP contribution in [0.5, 0.6) is 0 Å². The molecular formula is C19H21N3O2S. The van der Waals surface area contributed by atoms with Crippen LogP contribution >= 0.6 is 11.3 Å². The Balaban J connectivity index is 1.40. The number of aryl methyl sites for hydroxylation is 1. The molecule has 0 spiro atoms. The van der Waals surface area contributed by atoms with E-state index in [4.69, 9.17) is 4.74 Å². The predicted molar refractivity (Wildman–Crippen MR) is 99.4 cm³/mol. The Hall–Kier alpha value is -2.44. The first-order valence-electron chi connectivity index (χ1n) is 8.19. The minimum absolute atomic E-state index is 0.0629. The van der Waals surface area contributed by atoms with Crippen LogP contribution in [-0.4, -0.2) is 28.8 Å². The van der Waals surface area contributed by atoms with E-state index in [0.717, 1.165) is 21.8 Å². The summed E-state index contributed by atoms with van der Waals surface area (Å²) in [4.78, 5) is 13.0. The third kappa shape index (κ3) is 5.01. The standard InChI is InChI=1S/C19H21N3O2S/c1-15-12-17(18-8-5-11-25-18)21-22(15)10-9-20-19(23)14-24-13-16-6-3-2-4-7-16/h2-8,11-12H,9-10,13-14H2,1H3,(H,20,23). The summed E-state index contributed by atoms with van der Waals surface area (Å²) in [7, 11) is 0. The quantitative estimate of drug-likeness (QED) is 0.675. The Morgan fingerprint density at radius 1 is 1.24 bits per heavy atom. The zero-order valence-electron chi connectivity index (χ0n) is 14.1. The van der Waals surface area contributed by atoms with E-state index in [1.165, 1.54) is 0 Å². The topological polar surface area (TPSA) is 56.2 Å². The minimum atomic E-state index is -0.112. The lowest BCUT2D eigenvalue weighted by Gasteiger charge is -2.08. The molecule has 1 amide bonds. The van der Waals surface area contributed by atoms with Crippen molar-refractivity contribution in [3.05, 3.63) is 65.2 Å². The normalized spacial score (nSPS) is 10.8. The van der Waals surface area contributed by atoms with Crippen LogP contribution in [0, 0.1) is 6.92 Å². The second kappa shape index (κ2) is 8.60. The minimum Gasteiger partial charge on any atom is -0.367 e. The maximum atomic E-state index is 11.8.